The highest BCUT2D eigenvalue weighted by atomic mass is 16.5. The van der Waals surface area contributed by atoms with E-state index in [1.807, 2.05) is 30.9 Å². The van der Waals surface area contributed by atoms with Gasteiger partial charge in [0.25, 0.3) is 0 Å². The minimum Gasteiger partial charge on any atom is -0.364 e. The van der Waals surface area contributed by atoms with E-state index in [9.17, 15) is 0 Å². The Hall–Kier alpha value is -1.62. The predicted molar refractivity (Wildman–Crippen MR) is 55.0 cm³/mol. The van der Waals surface area contributed by atoms with Crippen LogP contribution in [0, 0.1) is 6.92 Å². The van der Waals surface area contributed by atoms with Crippen molar-refractivity contribution < 1.29 is 4.52 Å². The Morgan fingerprint density at radius 3 is 2.93 bits per heavy atom. The third-order valence-electron chi connectivity index (χ3n) is 2.23. The van der Waals surface area contributed by atoms with Gasteiger partial charge >= 0.3 is 0 Å². The standard InChI is InChI=1S/C10H14N4O/c1-8-9(7-14(2)12-8)5-11-6-10-3-4-15-13-10/h3-4,7,11H,5-6H2,1-2H3. The fourth-order valence-electron chi connectivity index (χ4n) is 1.48. The number of nitrogens with zero attached hydrogens (tertiary/aromatic N) is 3. The first kappa shape index (κ1) is 9.92. The molecule has 2 aromatic heterocycles. The Kier molecular flexibility index (Phi) is 2.82. The van der Waals surface area contributed by atoms with E-state index in [1.54, 1.807) is 6.26 Å². The summed E-state index contributed by atoms with van der Waals surface area (Å²) in [4.78, 5) is 0. The maximum absolute atomic E-state index is 4.74. The van der Waals surface area contributed by atoms with Crippen molar-refractivity contribution in [2.24, 2.45) is 7.05 Å². The number of hydrogen-bond acceptors (Lipinski definition) is 4. The lowest BCUT2D eigenvalue weighted by Crippen LogP contribution is -2.13. The number of rotatable bonds is 4. The Labute approximate surface area is 88.1 Å². The molecule has 0 aliphatic heterocycles. The van der Waals surface area contributed by atoms with Crippen LogP contribution in [0.5, 0.6) is 0 Å². The van der Waals surface area contributed by atoms with Gasteiger partial charge in [-0.15, -0.1) is 0 Å². The number of aryl methyl sites for hydroxylation is 2. The third-order valence-corrected chi connectivity index (χ3v) is 2.23. The molecule has 1 N–H and O–H groups in total. The van der Waals surface area contributed by atoms with Crippen LogP contribution in [0.4, 0.5) is 0 Å². The second kappa shape index (κ2) is 4.27. The predicted octanol–water partition coefficient (Wildman–Crippen LogP) is 1.01. The van der Waals surface area contributed by atoms with Crippen LogP contribution in [0.15, 0.2) is 23.0 Å². The first-order valence-corrected chi connectivity index (χ1v) is 4.85. The summed E-state index contributed by atoms with van der Waals surface area (Å²) >= 11 is 0. The molecule has 2 rings (SSSR count). The van der Waals surface area contributed by atoms with Gasteiger partial charge in [0.2, 0.25) is 0 Å². The maximum Gasteiger partial charge on any atom is 0.124 e. The summed E-state index contributed by atoms with van der Waals surface area (Å²) in [5.74, 6) is 0. The molecular formula is C10H14N4O. The highest BCUT2D eigenvalue weighted by molar-refractivity contribution is 5.14. The molecule has 15 heavy (non-hydrogen) atoms. The van der Waals surface area contributed by atoms with Crippen LogP contribution in [0.1, 0.15) is 17.0 Å². The normalized spacial score (nSPS) is 10.8. The first-order valence-electron chi connectivity index (χ1n) is 4.85. The molecule has 5 heteroatoms. The van der Waals surface area contributed by atoms with Crippen molar-refractivity contribution in [2.45, 2.75) is 20.0 Å². The monoisotopic (exact) mass is 206 g/mol. The number of hydrogen-bond donors (Lipinski definition) is 1. The summed E-state index contributed by atoms with van der Waals surface area (Å²) in [5.41, 5.74) is 3.18. The molecule has 0 unspecified atom stereocenters. The molecule has 0 bridgehead atoms. The van der Waals surface area contributed by atoms with E-state index in [0.29, 0.717) is 6.54 Å². The zero-order valence-corrected chi connectivity index (χ0v) is 8.90. The summed E-state index contributed by atoms with van der Waals surface area (Å²) in [7, 11) is 1.92. The average molecular weight is 206 g/mol. The van der Waals surface area contributed by atoms with E-state index in [4.69, 9.17) is 4.52 Å². The van der Waals surface area contributed by atoms with E-state index in [2.05, 4.69) is 15.6 Å². The molecule has 0 spiro atoms. The average Bonchev–Trinajstić information content (AvgIpc) is 2.77. The van der Waals surface area contributed by atoms with Crippen molar-refractivity contribution in [1.82, 2.24) is 20.3 Å². The van der Waals surface area contributed by atoms with Gasteiger partial charge in [-0.25, -0.2) is 0 Å². The fraction of sp³-hybridized carbons (Fsp3) is 0.400. The van der Waals surface area contributed by atoms with Gasteiger partial charge in [-0.2, -0.15) is 5.10 Å². The molecule has 0 aliphatic carbocycles. The van der Waals surface area contributed by atoms with Crippen molar-refractivity contribution in [3.8, 4) is 0 Å². The Bertz CT molecular complexity index is 419. The van der Waals surface area contributed by atoms with Crippen molar-refractivity contribution >= 4 is 0 Å². The number of aromatic nitrogens is 3. The molecule has 2 heterocycles. The largest absolute Gasteiger partial charge is 0.364 e. The van der Waals surface area contributed by atoms with Gasteiger partial charge in [0.1, 0.15) is 6.26 Å². The minimum atomic E-state index is 0.713. The molecule has 80 valence electrons. The van der Waals surface area contributed by atoms with E-state index >= 15 is 0 Å². The third kappa shape index (κ3) is 2.44. The van der Waals surface area contributed by atoms with Gasteiger partial charge in [-0.1, -0.05) is 5.16 Å². The maximum atomic E-state index is 4.74. The Balaban J connectivity index is 1.86. The molecule has 5 nitrogen and oxygen atoms in total. The summed E-state index contributed by atoms with van der Waals surface area (Å²) in [6.45, 7) is 3.52. The van der Waals surface area contributed by atoms with Crippen molar-refractivity contribution in [3.63, 3.8) is 0 Å². The Morgan fingerprint density at radius 1 is 1.47 bits per heavy atom. The lowest BCUT2D eigenvalue weighted by Gasteiger charge is -1.99. The van der Waals surface area contributed by atoms with Gasteiger partial charge in [-0.3, -0.25) is 4.68 Å². The molecule has 0 amide bonds. The van der Waals surface area contributed by atoms with E-state index < -0.39 is 0 Å². The molecular weight excluding hydrogens is 192 g/mol. The van der Waals surface area contributed by atoms with Gasteiger partial charge < -0.3 is 9.84 Å². The lowest BCUT2D eigenvalue weighted by atomic mass is 10.2. The van der Waals surface area contributed by atoms with E-state index in [1.165, 1.54) is 5.56 Å². The smallest absolute Gasteiger partial charge is 0.124 e. The summed E-state index contributed by atoms with van der Waals surface area (Å²) in [5, 5.41) is 11.4. The SMILES string of the molecule is Cc1nn(C)cc1CNCc1ccon1. The van der Waals surface area contributed by atoms with Crippen LogP contribution >= 0.6 is 0 Å². The van der Waals surface area contributed by atoms with Crippen LogP contribution in [-0.4, -0.2) is 14.9 Å². The van der Waals surface area contributed by atoms with Crippen LogP contribution in [0.2, 0.25) is 0 Å². The van der Waals surface area contributed by atoms with E-state index in [-0.39, 0.29) is 0 Å². The Morgan fingerprint density at radius 2 is 2.33 bits per heavy atom. The van der Waals surface area contributed by atoms with Crippen molar-refractivity contribution in [3.05, 3.63) is 35.5 Å². The summed E-state index contributed by atoms with van der Waals surface area (Å²) in [6.07, 6.45) is 3.59. The molecule has 0 saturated carbocycles. The van der Waals surface area contributed by atoms with Gasteiger partial charge in [0.15, 0.2) is 0 Å². The first-order chi connectivity index (χ1) is 7.25. The van der Waals surface area contributed by atoms with Gasteiger partial charge in [-0.05, 0) is 6.92 Å². The minimum absolute atomic E-state index is 0.713. The van der Waals surface area contributed by atoms with Crippen LogP contribution < -0.4 is 5.32 Å². The highest BCUT2D eigenvalue weighted by Gasteiger charge is 2.02. The summed E-state index contributed by atoms with van der Waals surface area (Å²) < 4.78 is 6.56. The molecule has 0 fully saturated rings. The molecule has 0 atom stereocenters. The van der Waals surface area contributed by atoms with E-state index in [0.717, 1.165) is 17.9 Å². The molecule has 2 aromatic rings. The molecule has 0 aliphatic rings. The second-order valence-electron chi connectivity index (χ2n) is 3.51. The topological polar surface area (TPSA) is 55.9 Å². The van der Waals surface area contributed by atoms with Crippen LogP contribution in [0.25, 0.3) is 0 Å². The highest BCUT2D eigenvalue weighted by Crippen LogP contribution is 2.04. The lowest BCUT2D eigenvalue weighted by molar-refractivity contribution is 0.408. The second-order valence-corrected chi connectivity index (χ2v) is 3.51. The quantitative estimate of drug-likeness (QED) is 0.811. The summed E-state index contributed by atoms with van der Waals surface area (Å²) in [6, 6.07) is 1.85. The number of nitrogens with one attached hydrogen (secondary N) is 1. The van der Waals surface area contributed by atoms with Gasteiger partial charge in [0.05, 0.1) is 11.4 Å². The van der Waals surface area contributed by atoms with Crippen LogP contribution in [-0.2, 0) is 20.1 Å². The molecule has 0 aromatic carbocycles. The fourth-order valence-corrected chi connectivity index (χ4v) is 1.48. The molecule has 0 radical (unpaired) electrons. The van der Waals surface area contributed by atoms with Crippen molar-refractivity contribution in [1.29, 1.82) is 0 Å². The zero-order valence-electron chi connectivity index (χ0n) is 8.90. The van der Waals surface area contributed by atoms with Gasteiger partial charge in [0, 0.05) is 38.0 Å². The van der Waals surface area contributed by atoms with Crippen molar-refractivity contribution in [2.75, 3.05) is 0 Å². The van der Waals surface area contributed by atoms with Crippen LogP contribution in [0.3, 0.4) is 0 Å². The molecule has 0 saturated heterocycles. The zero-order chi connectivity index (χ0) is 10.7.